The number of rotatable bonds is 8. The van der Waals surface area contributed by atoms with Gasteiger partial charge in [-0.25, -0.2) is 18.1 Å². The van der Waals surface area contributed by atoms with Crippen LogP contribution >= 0.6 is 23.2 Å². The first kappa shape index (κ1) is 40.9. The molecule has 4 aromatic heterocycles. The van der Waals surface area contributed by atoms with E-state index in [0.29, 0.717) is 45.3 Å². The minimum absolute atomic E-state index is 0.0795. The lowest BCUT2D eigenvalue weighted by Crippen LogP contribution is -2.03. The summed E-state index contributed by atoms with van der Waals surface area (Å²) in [7, 11) is 0. The molecule has 11 nitrogen and oxygen atoms in total. The number of hydrogen-bond acceptors (Lipinski definition) is 9. The molecule has 0 spiro atoms. The monoisotopic (exact) mass is 822 g/mol. The van der Waals surface area contributed by atoms with Gasteiger partial charge in [0.25, 0.3) is 0 Å². The third-order valence-corrected chi connectivity index (χ3v) is 9.14. The molecule has 0 atom stereocenters. The average molecular weight is 824 g/mol. The van der Waals surface area contributed by atoms with Gasteiger partial charge in [0, 0.05) is 76.6 Å². The number of aldehydes is 1. The van der Waals surface area contributed by atoms with E-state index >= 15 is 0 Å². The zero-order chi connectivity index (χ0) is 41.7. The van der Waals surface area contributed by atoms with Crippen molar-refractivity contribution in [3.8, 4) is 46.0 Å². The summed E-state index contributed by atoms with van der Waals surface area (Å²) in [6.07, 6.45) is 7.21. The molecule has 0 amide bonds. The molecule has 0 aliphatic carbocycles. The Morgan fingerprint density at radius 3 is 1.63 bits per heavy atom. The number of nitriles is 2. The van der Waals surface area contributed by atoms with Crippen LogP contribution in [0.3, 0.4) is 0 Å². The number of anilines is 2. The number of carbonyl (C=O) groups excluding carboxylic acids is 1. The van der Waals surface area contributed by atoms with Gasteiger partial charge >= 0.3 is 0 Å². The molecule has 4 heterocycles. The van der Waals surface area contributed by atoms with E-state index in [1.165, 1.54) is 24.3 Å². The number of aromatic nitrogens is 6. The molecule has 59 heavy (non-hydrogen) atoms. The lowest BCUT2D eigenvalue weighted by atomic mass is 10.2. The van der Waals surface area contributed by atoms with Crippen LogP contribution in [0.25, 0.3) is 33.9 Å². The highest BCUT2D eigenvalue weighted by Gasteiger charge is 2.13. The van der Waals surface area contributed by atoms with Gasteiger partial charge in [0.15, 0.2) is 6.29 Å². The van der Waals surface area contributed by atoms with Crippen LogP contribution in [-0.2, 0) is 6.54 Å². The standard InChI is InChI=1S/C22H15ClFN5.C15H11N5.C7H4ClFO/c23-20-4-1-5-21(24)19(20)14-27-16-6-8-17(9-7-16)29-18(12-25)11-22(28-29)15-3-2-10-26-13-15;16-9-14-8-15(11-2-1-7-18-10-11)19-20(14)13-5-3-12(17)4-6-13;8-6-2-1-3-7(9)5(6)4-10/h1-11,13,27H,14H2;1-8,10H,17H2;1-4H. The lowest BCUT2D eigenvalue weighted by Gasteiger charge is -2.10. The van der Waals surface area contributed by atoms with Crippen molar-refractivity contribution >= 4 is 40.9 Å². The molecular weight excluding hydrogens is 793 g/mol. The summed E-state index contributed by atoms with van der Waals surface area (Å²) in [6, 6.07) is 38.5. The third-order valence-electron chi connectivity index (χ3n) is 8.46. The second kappa shape index (κ2) is 19.4. The fraction of sp³-hybridized carbons (Fsp3) is 0.0227. The van der Waals surface area contributed by atoms with Crippen LogP contribution in [0.5, 0.6) is 0 Å². The van der Waals surface area contributed by atoms with Crippen molar-refractivity contribution in [1.29, 1.82) is 10.5 Å². The first-order valence-corrected chi connectivity index (χ1v) is 18.3. The molecule has 3 N–H and O–H groups in total. The number of nitrogens with one attached hydrogen (secondary N) is 1. The average Bonchev–Trinajstić information content (AvgIpc) is 3.91. The van der Waals surface area contributed by atoms with E-state index in [4.69, 9.17) is 28.9 Å². The summed E-state index contributed by atoms with van der Waals surface area (Å²) in [5, 5.41) is 31.4. The summed E-state index contributed by atoms with van der Waals surface area (Å²) in [5.74, 6) is -0.928. The van der Waals surface area contributed by atoms with Gasteiger partial charge in [-0.3, -0.25) is 14.8 Å². The van der Waals surface area contributed by atoms with Crippen LogP contribution < -0.4 is 11.1 Å². The van der Waals surface area contributed by atoms with Gasteiger partial charge in [-0.2, -0.15) is 20.7 Å². The Bertz CT molecular complexity index is 2720. The van der Waals surface area contributed by atoms with Crippen LogP contribution in [0.2, 0.25) is 10.0 Å². The first-order valence-electron chi connectivity index (χ1n) is 17.5. The summed E-state index contributed by atoms with van der Waals surface area (Å²) in [5.41, 5.74) is 13.0. The van der Waals surface area contributed by atoms with E-state index < -0.39 is 5.82 Å². The van der Waals surface area contributed by atoms with Gasteiger partial charge in [-0.15, -0.1) is 0 Å². The molecule has 15 heteroatoms. The maximum Gasteiger partial charge on any atom is 0.154 e. The predicted molar refractivity (Wildman–Crippen MR) is 223 cm³/mol. The summed E-state index contributed by atoms with van der Waals surface area (Å²) in [6.45, 7) is 0.265. The number of hydrogen-bond donors (Lipinski definition) is 2. The van der Waals surface area contributed by atoms with Crippen molar-refractivity contribution in [2.75, 3.05) is 11.1 Å². The Morgan fingerprint density at radius 1 is 0.678 bits per heavy atom. The van der Waals surface area contributed by atoms with Gasteiger partial charge in [-0.1, -0.05) is 35.3 Å². The Balaban J connectivity index is 0.000000168. The Kier molecular flexibility index (Phi) is 13.5. The number of halogens is 4. The van der Waals surface area contributed by atoms with E-state index in [-0.39, 0.29) is 22.9 Å². The highest BCUT2D eigenvalue weighted by atomic mass is 35.5. The molecule has 0 saturated carbocycles. The molecule has 0 bridgehead atoms. The van der Waals surface area contributed by atoms with Crippen LogP contribution in [0, 0.1) is 34.3 Å². The summed E-state index contributed by atoms with van der Waals surface area (Å²) in [4.78, 5) is 18.3. The molecule has 4 aromatic carbocycles. The largest absolute Gasteiger partial charge is 0.399 e. The SMILES string of the molecule is N#Cc1cc(-c2cccnc2)nn1-c1ccc(N)cc1.N#Cc1cc(-c2cccnc2)nn1-c1ccc(NCc2c(F)cccc2Cl)cc1.O=Cc1c(F)cccc1Cl. The molecular formula is C44H30Cl2F2N10O. The van der Waals surface area contributed by atoms with Crippen LogP contribution in [0.1, 0.15) is 27.3 Å². The van der Waals surface area contributed by atoms with E-state index in [1.54, 1.807) is 70.5 Å². The van der Waals surface area contributed by atoms with E-state index in [2.05, 4.69) is 37.6 Å². The van der Waals surface area contributed by atoms with E-state index in [0.717, 1.165) is 28.2 Å². The third kappa shape index (κ3) is 10.2. The van der Waals surface area contributed by atoms with Gasteiger partial charge in [-0.05, 0) is 97.1 Å². The van der Waals surface area contributed by atoms with Gasteiger partial charge in [0.1, 0.15) is 35.2 Å². The molecule has 8 aromatic rings. The molecule has 290 valence electrons. The van der Waals surface area contributed by atoms with Crippen molar-refractivity contribution in [2.24, 2.45) is 0 Å². The number of nitrogen functional groups attached to an aromatic ring is 1. The second-order valence-electron chi connectivity index (χ2n) is 12.3. The van der Waals surface area contributed by atoms with Crippen LogP contribution in [0.4, 0.5) is 20.2 Å². The summed E-state index contributed by atoms with van der Waals surface area (Å²) < 4.78 is 29.6. The van der Waals surface area contributed by atoms with E-state index in [9.17, 15) is 24.1 Å². The fourth-order valence-electron chi connectivity index (χ4n) is 5.48. The smallest absolute Gasteiger partial charge is 0.154 e. The maximum atomic E-state index is 13.9. The van der Waals surface area contributed by atoms with Gasteiger partial charge in [0.2, 0.25) is 0 Å². The van der Waals surface area contributed by atoms with Gasteiger partial charge in [0.05, 0.1) is 33.3 Å². The number of pyridine rings is 2. The Labute approximate surface area is 347 Å². The van der Waals surface area contributed by atoms with E-state index in [1.807, 2.05) is 60.7 Å². The minimum atomic E-state index is -0.581. The van der Waals surface area contributed by atoms with Crippen molar-refractivity contribution in [2.45, 2.75) is 6.54 Å². The topological polar surface area (TPSA) is 164 Å². The number of nitrogens with two attached hydrogens (primary N) is 1. The molecule has 0 aliphatic rings. The number of carbonyl (C=O) groups is 1. The predicted octanol–water partition coefficient (Wildman–Crippen LogP) is 9.89. The van der Waals surface area contributed by atoms with Crippen molar-refractivity contribution in [1.82, 2.24) is 29.5 Å². The second-order valence-corrected chi connectivity index (χ2v) is 13.1. The van der Waals surface area contributed by atoms with Gasteiger partial charge < -0.3 is 11.1 Å². The molecule has 0 radical (unpaired) electrons. The number of nitrogens with zero attached hydrogens (tertiary/aromatic N) is 8. The molecule has 0 aliphatic heterocycles. The number of benzene rings is 4. The van der Waals surface area contributed by atoms with Crippen molar-refractivity contribution in [3.05, 3.63) is 190 Å². The lowest BCUT2D eigenvalue weighted by molar-refractivity contribution is 0.112. The fourth-order valence-corrected chi connectivity index (χ4v) is 5.91. The molecule has 0 fully saturated rings. The van der Waals surface area contributed by atoms with Crippen molar-refractivity contribution in [3.63, 3.8) is 0 Å². The summed E-state index contributed by atoms with van der Waals surface area (Å²) >= 11 is 11.5. The maximum absolute atomic E-state index is 13.9. The van der Waals surface area contributed by atoms with Crippen molar-refractivity contribution < 1.29 is 13.6 Å². The highest BCUT2D eigenvalue weighted by Crippen LogP contribution is 2.24. The quantitative estimate of drug-likeness (QED) is 0.112. The zero-order valence-corrected chi connectivity index (χ0v) is 32.2. The Morgan fingerprint density at radius 2 is 1.19 bits per heavy atom. The molecule has 8 rings (SSSR count). The normalized spacial score (nSPS) is 10.2. The highest BCUT2D eigenvalue weighted by molar-refractivity contribution is 6.33. The molecule has 0 saturated heterocycles. The first-order chi connectivity index (χ1) is 28.7. The Hall–Kier alpha value is -7.71. The van der Waals surface area contributed by atoms with Crippen LogP contribution in [0.15, 0.2) is 146 Å². The minimum Gasteiger partial charge on any atom is -0.399 e. The molecule has 0 unspecified atom stereocenters. The zero-order valence-electron chi connectivity index (χ0n) is 30.7. The van der Waals surface area contributed by atoms with Crippen LogP contribution in [-0.4, -0.2) is 35.8 Å².